The Hall–Kier alpha value is -2.42. The van der Waals surface area contributed by atoms with Gasteiger partial charge in [-0.2, -0.15) is 18.2 Å². The topological polar surface area (TPSA) is 75.9 Å². The first-order valence-electron chi connectivity index (χ1n) is 5.75. The maximum absolute atomic E-state index is 13.3. The predicted molar refractivity (Wildman–Crippen MR) is 69.3 cm³/mol. The van der Waals surface area contributed by atoms with Gasteiger partial charge in [0.05, 0.1) is 0 Å². The number of nitrogens with two attached hydrogens (primary N) is 1. The van der Waals surface area contributed by atoms with E-state index in [-0.39, 0.29) is 11.5 Å². The number of hydrogen-bond donors (Lipinski definition) is 3. The number of halogens is 4. The van der Waals surface area contributed by atoms with E-state index in [1.54, 1.807) is 13.0 Å². The highest BCUT2D eigenvalue weighted by Gasteiger charge is 2.33. The summed E-state index contributed by atoms with van der Waals surface area (Å²) in [5, 5.41) is 2.59. The summed E-state index contributed by atoms with van der Waals surface area (Å²) in [6.07, 6.45) is -4.65. The molecular weight excluding hydrogens is 290 g/mol. The van der Waals surface area contributed by atoms with Crippen molar-refractivity contribution in [2.75, 3.05) is 10.7 Å². The molecule has 0 aliphatic rings. The molecule has 112 valence electrons. The summed E-state index contributed by atoms with van der Waals surface area (Å²) >= 11 is 0. The molecule has 0 saturated carbocycles. The van der Waals surface area contributed by atoms with E-state index in [9.17, 15) is 17.6 Å². The first-order chi connectivity index (χ1) is 9.77. The normalized spacial score (nSPS) is 11.3. The van der Waals surface area contributed by atoms with Gasteiger partial charge in [-0.05, 0) is 30.7 Å². The second-order valence-electron chi connectivity index (χ2n) is 4.25. The van der Waals surface area contributed by atoms with E-state index in [0.29, 0.717) is 11.6 Å². The Morgan fingerprint density at radius 3 is 2.38 bits per heavy atom. The molecular formula is C12H11F4N5. The van der Waals surface area contributed by atoms with Crippen molar-refractivity contribution in [2.24, 2.45) is 5.84 Å². The monoisotopic (exact) mass is 301 g/mol. The highest BCUT2D eigenvalue weighted by Crippen LogP contribution is 2.30. The third kappa shape index (κ3) is 3.78. The second-order valence-corrected chi connectivity index (χ2v) is 4.25. The Kier molecular flexibility index (Phi) is 3.94. The van der Waals surface area contributed by atoms with Gasteiger partial charge in [-0.15, -0.1) is 0 Å². The van der Waals surface area contributed by atoms with Gasteiger partial charge in [-0.1, -0.05) is 0 Å². The molecule has 5 nitrogen and oxygen atoms in total. The zero-order chi connectivity index (χ0) is 15.6. The fourth-order valence-corrected chi connectivity index (χ4v) is 1.68. The largest absolute Gasteiger partial charge is 0.433 e. The van der Waals surface area contributed by atoms with Crippen LogP contribution in [0.4, 0.5) is 35.0 Å². The zero-order valence-electron chi connectivity index (χ0n) is 10.8. The lowest BCUT2D eigenvalue weighted by Crippen LogP contribution is -2.16. The smallest absolute Gasteiger partial charge is 0.340 e. The molecule has 0 amide bonds. The molecule has 0 fully saturated rings. The molecule has 0 saturated heterocycles. The van der Waals surface area contributed by atoms with Crippen LogP contribution in [0.5, 0.6) is 0 Å². The van der Waals surface area contributed by atoms with E-state index in [2.05, 4.69) is 15.3 Å². The molecule has 0 radical (unpaired) electrons. The minimum Gasteiger partial charge on any atom is -0.340 e. The number of nitrogens with zero attached hydrogens (tertiary/aromatic N) is 2. The lowest BCUT2D eigenvalue weighted by molar-refractivity contribution is -0.141. The van der Waals surface area contributed by atoms with Crippen molar-refractivity contribution in [3.05, 3.63) is 41.3 Å². The summed E-state index contributed by atoms with van der Waals surface area (Å²) in [5.41, 5.74) is 1.66. The Labute approximate surface area is 117 Å². The molecule has 1 heterocycles. The highest BCUT2D eigenvalue weighted by atomic mass is 19.4. The zero-order valence-corrected chi connectivity index (χ0v) is 10.8. The molecule has 1 aromatic heterocycles. The summed E-state index contributed by atoms with van der Waals surface area (Å²) in [5.74, 6) is 3.97. The predicted octanol–water partition coefficient (Wildman–Crippen LogP) is 2.97. The number of nitrogens with one attached hydrogen (secondary N) is 2. The molecule has 0 unspecified atom stereocenters. The molecule has 0 spiro atoms. The average Bonchev–Trinajstić information content (AvgIpc) is 2.36. The van der Waals surface area contributed by atoms with Gasteiger partial charge in [0.25, 0.3) is 0 Å². The Morgan fingerprint density at radius 1 is 1.10 bits per heavy atom. The van der Waals surface area contributed by atoms with Crippen LogP contribution in [0.15, 0.2) is 24.3 Å². The Morgan fingerprint density at radius 2 is 1.81 bits per heavy atom. The third-order valence-corrected chi connectivity index (χ3v) is 2.46. The van der Waals surface area contributed by atoms with Gasteiger partial charge in [-0.3, -0.25) is 5.43 Å². The first-order valence-corrected chi connectivity index (χ1v) is 5.75. The van der Waals surface area contributed by atoms with Crippen molar-refractivity contribution in [3.63, 3.8) is 0 Å². The van der Waals surface area contributed by atoms with Crippen LogP contribution >= 0.6 is 0 Å². The van der Waals surface area contributed by atoms with E-state index in [1.807, 2.05) is 5.43 Å². The van der Waals surface area contributed by atoms with Gasteiger partial charge in [-0.25, -0.2) is 15.2 Å². The van der Waals surface area contributed by atoms with Gasteiger partial charge in [0, 0.05) is 11.8 Å². The van der Waals surface area contributed by atoms with Crippen molar-refractivity contribution in [3.8, 4) is 0 Å². The highest BCUT2D eigenvalue weighted by molar-refractivity contribution is 5.58. The quantitative estimate of drug-likeness (QED) is 0.461. The number of aryl methyl sites for hydroxylation is 1. The van der Waals surface area contributed by atoms with Crippen molar-refractivity contribution in [1.29, 1.82) is 0 Å². The minimum absolute atomic E-state index is 0.157. The SMILES string of the molecule is Cc1cc(F)cc(Nc2cc(C(F)(F)F)nc(NN)n2)c1. The Balaban J connectivity index is 2.39. The summed E-state index contributed by atoms with van der Waals surface area (Å²) in [6, 6.07) is 4.70. The van der Waals surface area contributed by atoms with Gasteiger partial charge < -0.3 is 5.32 Å². The maximum Gasteiger partial charge on any atom is 0.433 e. The molecule has 21 heavy (non-hydrogen) atoms. The van der Waals surface area contributed by atoms with Crippen molar-refractivity contribution < 1.29 is 17.6 Å². The number of nitrogen functional groups attached to an aromatic ring is 1. The second kappa shape index (κ2) is 5.52. The molecule has 0 bridgehead atoms. The van der Waals surface area contributed by atoms with Gasteiger partial charge in [0.2, 0.25) is 5.95 Å². The minimum atomic E-state index is -4.65. The Bertz CT molecular complexity index is 636. The van der Waals surface area contributed by atoms with Crippen LogP contribution in [0.1, 0.15) is 11.3 Å². The number of rotatable bonds is 3. The van der Waals surface area contributed by atoms with Crippen LogP contribution in [0.2, 0.25) is 0 Å². The van der Waals surface area contributed by atoms with Gasteiger partial charge >= 0.3 is 6.18 Å². The third-order valence-electron chi connectivity index (χ3n) is 2.46. The summed E-state index contributed by atoms with van der Waals surface area (Å²) in [6.45, 7) is 1.66. The fourth-order valence-electron chi connectivity index (χ4n) is 1.68. The summed E-state index contributed by atoms with van der Waals surface area (Å²) in [4.78, 5) is 6.95. The fraction of sp³-hybridized carbons (Fsp3) is 0.167. The van der Waals surface area contributed by atoms with Crippen LogP contribution in [0.25, 0.3) is 0 Å². The lowest BCUT2D eigenvalue weighted by atomic mass is 10.2. The summed E-state index contributed by atoms with van der Waals surface area (Å²) < 4.78 is 51.4. The van der Waals surface area contributed by atoms with Crippen molar-refractivity contribution >= 4 is 17.5 Å². The van der Waals surface area contributed by atoms with Crippen LogP contribution in [-0.4, -0.2) is 9.97 Å². The van der Waals surface area contributed by atoms with Crippen molar-refractivity contribution in [1.82, 2.24) is 9.97 Å². The standard InChI is InChI=1S/C12H11F4N5/c1-6-2-7(13)4-8(3-6)18-10-5-9(12(14,15)16)19-11(20-10)21-17/h2-5H,17H2,1H3,(H2,18,19,20,21). The molecule has 0 atom stereocenters. The number of benzene rings is 1. The molecule has 1 aromatic carbocycles. The van der Waals surface area contributed by atoms with E-state index < -0.39 is 23.6 Å². The molecule has 0 aliphatic heterocycles. The van der Waals surface area contributed by atoms with E-state index in [0.717, 1.165) is 6.07 Å². The molecule has 4 N–H and O–H groups in total. The van der Waals surface area contributed by atoms with Crippen LogP contribution in [0.3, 0.4) is 0 Å². The average molecular weight is 301 g/mol. The molecule has 2 rings (SSSR count). The van der Waals surface area contributed by atoms with Crippen LogP contribution in [-0.2, 0) is 6.18 Å². The molecule has 9 heteroatoms. The number of alkyl halides is 3. The molecule has 0 aliphatic carbocycles. The van der Waals surface area contributed by atoms with E-state index in [1.165, 1.54) is 6.07 Å². The van der Waals surface area contributed by atoms with Crippen LogP contribution in [0, 0.1) is 12.7 Å². The number of anilines is 3. The number of hydrazine groups is 1. The van der Waals surface area contributed by atoms with E-state index in [4.69, 9.17) is 5.84 Å². The molecule has 2 aromatic rings. The number of aromatic nitrogens is 2. The van der Waals surface area contributed by atoms with E-state index >= 15 is 0 Å². The summed E-state index contributed by atoms with van der Waals surface area (Å²) in [7, 11) is 0. The lowest BCUT2D eigenvalue weighted by Gasteiger charge is -2.12. The number of hydrogen-bond acceptors (Lipinski definition) is 5. The van der Waals surface area contributed by atoms with Crippen molar-refractivity contribution in [2.45, 2.75) is 13.1 Å². The van der Waals surface area contributed by atoms with Crippen LogP contribution < -0.4 is 16.6 Å². The maximum atomic E-state index is 13.3. The van der Waals surface area contributed by atoms with Gasteiger partial charge in [0.15, 0.2) is 5.69 Å². The first kappa shape index (κ1) is 15.0. The van der Waals surface area contributed by atoms with Gasteiger partial charge in [0.1, 0.15) is 11.6 Å².